The molecule has 0 fully saturated rings. The van der Waals surface area contributed by atoms with Crippen molar-refractivity contribution in [2.24, 2.45) is 0 Å². The van der Waals surface area contributed by atoms with Gasteiger partial charge in [-0.1, -0.05) is 11.6 Å². The summed E-state index contributed by atoms with van der Waals surface area (Å²) >= 11 is 5.68. The van der Waals surface area contributed by atoms with E-state index in [2.05, 4.69) is 15.3 Å². The highest BCUT2D eigenvalue weighted by Crippen LogP contribution is 2.26. The van der Waals surface area contributed by atoms with Gasteiger partial charge in [0, 0.05) is 11.9 Å². The van der Waals surface area contributed by atoms with Crippen LogP contribution in [0.1, 0.15) is 10.5 Å². The minimum atomic E-state index is -0.481. The van der Waals surface area contributed by atoms with Crippen molar-refractivity contribution in [1.29, 1.82) is 0 Å². The number of aromatic hydroxyl groups is 1. The van der Waals surface area contributed by atoms with E-state index in [-0.39, 0.29) is 16.5 Å². The summed E-state index contributed by atoms with van der Waals surface area (Å²) in [6.45, 7) is 0. The first-order chi connectivity index (χ1) is 8.06. The Kier molecular flexibility index (Phi) is 2.88. The maximum Gasteiger partial charge on any atom is 0.323 e. The molecular formula is C10H8ClN3O3. The number of hydrogen-bond donors (Lipinski definition) is 4. The van der Waals surface area contributed by atoms with E-state index >= 15 is 0 Å². The van der Waals surface area contributed by atoms with Gasteiger partial charge >= 0.3 is 5.69 Å². The molecule has 0 aliphatic carbocycles. The molecule has 6 nitrogen and oxygen atoms in total. The molecule has 0 saturated heterocycles. The summed E-state index contributed by atoms with van der Waals surface area (Å²) < 4.78 is 0. The molecule has 1 aromatic carbocycles. The third-order valence-corrected chi connectivity index (χ3v) is 2.35. The third-order valence-electron chi connectivity index (χ3n) is 2.05. The van der Waals surface area contributed by atoms with E-state index in [1.807, 2.05) is 0 Å². The van der Waals surface area contributed by atoms with Gasteiger partial charge in [-0.3, -0.25) is 4.79 Å². The van der Waals surface area contributed by atoms with Gasteiger partial charge < -0.3 is 20.4 Å². The largest absolute Gasteiger partial charge is 0.506 e. The molecule has 4 N–H and O–H groups in total. The van der Waals surface area contributed by atoms with E-state index in [1.54, 1.807) is 0 Å². The van der Waals surface area contributed by atoms with Crippen molar-refractivity contribution in [3.8, 4) is 5.75 Å². The summed E-state index contributed by atoms with van der Waals surface area (Å²) in [6.07, 6.45) is 1.26. The second-order valence-electron chi connectivity index (χ2n) is 3.28. The van der Waals surface area contributed by atoms with E-state index in [1.165, 1.54) is 24.4 Å². The Morgan fingerprint density at radius 2 is 2.18 bits per heavy atom. The fourth-order valence-corrected chi connectivity index (χ4v) is 1.42. The maximum atomic E-state index is 11.6. The number of nitrogens with one attached hydrogen (secondary N) is 3. The summed E-state index contributed by atoms with van der Waals surface area (Å²) in [7, 11) is 0. The molecule has 0 atom stereocenters. The summed E-state index contributed by atoms with van der Waals surface area (Å²) in [4.78, 5) is 27.1. The molecule has 1 heterocycles. The standard InChI is InChI=1S/C10H8ClN3O3/c11-6-3-5(1-2-8(6)15)13-9(16)7-4-12-10(17)14-7/h1-4,15H,(H,13,16)(H2,12,14,17). The number of H-pyrrole nitrogens is 2. The van der Waals surface area contributed by atoms with Crippen molar-refractivity contribution in [2.75, 3.05) is 5.32 Å². The van der Waals surface area contributed by atoms with Gasteiger partial charge in [-0.2, -0.15) is 0 Å². The van der Waals surface area contributed by atoms with E-state index < -0.39 is 11.6 Å². The van der Waals surface area contributed by atoms with Gasteiger partial charge in [-0.25, -0.2) is 4.79 Å². The number of carbonyl (C=O) groups is 1. The van der Waals surface area contributed by atoms with Gasteiger partial charge in [-0.15, -0.1) is 0 Å². The first-order valence-electron chi connectivity index (χ1n) is 4.64. The molecule has 88 valence electrons. The molecule has 2 rings (SSSR count). The molecule has 0 aliphatic rings. The number of imidazole rings is 1. The summed E-state index contributed by atoms with van der Waals surface area (Å²) in [6, 6.07) is 4.25. The minimum Gasteiger partial charge on any atom is -0.506 e. The molecule has 0 bridgehead atoms. The zero-order valence-electron chi connectivity index (χ0n) is 8.45. The van der Waals surface area contributed by atoms with E-state index in [0.29, 0.717) is 5.69 Å². The van der Waals surface area contributed by atoms with Crippen LogP contribution >= 0.6 is 11.6 Å². The van der Waals surface area contributed by atoms with Crippen LogP contribution in [0.3, 0.4) is 0 Å². The third kappa shape index (κ3) is 2.48. The molecule has 17 heavy (non-hydrogen) atoms. The quantitative estimate of drug-likeness (QED) is 0.608. The molecular weight excluding hydrogens is 246 g/mol. The van der Waals surface area contributed by atoms with Crippen LogP contribution in [0.25, 0.3) is 0 Å². The second-order valence-corrected chi connectivity index (χ2v) is 3.68. The molecule has 0 radical (unpaired) electrons. The minimum absolute atomic E-state index is 0.0697. The number of carbonyl (C=O) groups excluding carboxylic acids is 1. The fraction of sp³-hybridized carbons (Fsp3) is 0. The number of phenols is 1. The Morgan fingerprint density at radius 3 is 2.76 bits per heavy atom. The topological polar surface area (TPSA) is 98.0 Å². The van der Waals surface area contributed by atoms with Crippen molar-refractivity contribution < 1.29 is 9.90 Å². The van der Waals surface area contributed by atoms with Crippen LogP contribution in [0, 0.1) is 0 Å². The van der Waals surface area contributed by atoms with Gasteiger partial charge in [0.05, 0.1) is 5.02 Å². The molecule has 1 amide bonds. The average molecular weight is 254 g/mol. The van der Waals surface area contributed by atoms with Crippen molar-refractivity contribution in [3.05, 3.63) is 45.6 Å². The lowest BCUT2D eigenvalue weighted by Crippen LogP contribution is -2.13. The fourth-order valence-electron chi connectivity index (χ4n) is 1.24. The first-order valence-corrected chi connectivity index (χ1v) is 5.01. The van der Waals surface area contributed by atoms with E-state index in [9.17, 15) is 14.7 Å². The van der Waals surface area contributed by atoms with Gasteiger partial charge in [0.1, 0.15) is 11.4 Å². The van der Waals surface area contributed by atoms with Gasteiger partial charge in [0.2, 0.25) is 0 Å². The lowest BCUT2D eigenvalue weighted by atomic mass is 10.3. The SMILES string of the molecule is O=C(Nc1ccc(O)c(Cl)c1)c1c[nH]c(=O)[nH]1. The van der Waals surface area contributed by atoms with Crippen LogP contribution in [-0.2, 0) is 0 Å². The summed E-state index contributed by atoms with van der Waals surface area (Å²) in [5.74, 6) is -0.551. The van der Waals surface area contributed by atoms with E-state index in [4.69, 9.17) is 11.6 Å². The lowest BCUT2D eigenvalue weighted by molar-refractivity contribution is 0.102. The number of halogens is 1. The molecule has 0 aliphatic heterocycles. The van der Waals surface area contributed by atoms with Crippen LogP contribution in [0.5, 0.6) is 5.75 Å². The Bertz CT molecular complexity index is 617. The highest BCUT2D eigenvalue weighted by molar-refractivity contribution is 6.32. The molecule has 2 aromatic rings. The normalized spacial score (nSPS) is 10.2. The Hall–Kier alpha value is -2.21. The second kappa shape index (κ2) is 4.34. The lowest BCUT2D eigenvalue weighted by Gasteiger charge is -2.04. The van der Waals surface area contributed by atoms with Crippen LogP contribution in [-0.4, -0.2) is 21.0 Å². The predicted molar refractivity (Wildman–Crippen MR) is 62.5 cm³/mol. The van der Waals surface area contributed by atoms with Gasteiger partial charge in [0.25, 0.3) is 5.91 Å². The number of rotatable bonds is 2. The van der Waals surface area contributed by atoms with Crippen molar-refractivity contribution in [2.45, 2.75) is 0 Å². The number of amides is 1. The highest BCUT2D eigenvalue weighted by Gasteiger charge is 2.09. The number of hydrogen-bond acceptors (Lipinski definition) is 3. The van der Waals surface area contributed by atoms with Crippen LogP contribution in [0.2, 0.25) is 5.02 Å². The zero-order chi connectivity index (χ0) is 12.4. The van der Waals surface area contributed by atoms with E-state index in [0.717, 1.165) is 0 Å². The zero-order valence-corrected chi connectivity index (χ0v) is 9.21. The molecule has 1 aromatic heterocycles. The number of benzene rings is 1. The van der Waals surface area contributed by atoms with Crippen molar-refractivity contribution in [3.63, 3.8) is 0 Å². The average Bonchev–Trinajstić information content (AvgIpc) is 2.70. The van der Waals surface area contributed by atoms with Crippen LogP contribution < -0.4 is 11.0 Å². The van der Waals surface area contributed by atoms with Crippen molar-refractivity contribution >= 4 is 23.2 Å². The Labute approximate surface area is 100 Å². The molecule has 0 unspecified atom stereocenters. The van der Waals surface area contributed by atoms with Crippen LogP contribution in [0.15, 0.2) is 29.2 Å². The number of phenolic OH excluding ortho intramolecular Hbond substituents is 1. The summed E-state index contributed by atoms with van der Waals surface area (Å²) in [5, 5.41) is 11.8. The maximum absolute atomic E-state index is 11.6. The van der Waals surface area contributed by atoms with Crippen LogP contribution in [0.4, 0.5) is 5.69 Å². The monoisotopic (exact) mass is 253 g/mol. The van der Waals surface area contributed by atoms with Gasteiger partial charge in [-0.05, 0) is 18.2 Å². The number of aromatic nitrogens is 2. The number of anilines is 1. The number of aromatic amines is 2. The Morgan fingerprint density at radius 1 is 1.41 bits per heavy atom. The Balaban J connectivity index is 2.18. The van der Waals surface area contributed by atoms with Gasteiger partial charge in [0.15, 0.2) is 0 Å². The predicted octanol–water partition coefficient (Wildman–Crippen LogP) is 1.31. The summed E-state index contributed by atoms with van der Waals surface area (Å²) in [5.41, 5.74) is 0.0675. The molecule has 0 spiro atoms. The molecule has 0 saturated carbocycles. The van der Waals surface area contributed by atoms with Crippen molar-refractivity contribution in [1.82, 2.24) is 9.97 Å². The first kappa shape index (κ1) is 11.3. The highest BCUT2D eigenvalue weighted by atomic mass is 35.5. The molecule has 7 heteroatoms. The smallest absolute Gasteiger partial charge is 0.323 e.